The van der Waals surface area contributed by atoms with Crippen molar-refractivity contribution in [3.8, 4) is 11.6 Å². The Kier molecular flexibility index (Phi) is 1.68. The first kappa shape index (κ1) is 8.05. The van der Waals surface area contributed by atoms with Crippen LogP contribution < -0.4 is 0 Å². The summed E-state index contributed by atoms with van der Waals surface area (Å²) in [5, 5.41) is 16.0. The quantitative estimate of drug-likeness (QED) is 0.595. The summed E-state index contributed by atoms with van der Waals surface area (Å²) in [6.45, 7) is 0. The van der Waals surface area contributed by atoms with Crippen molar-refractivity contribution in [1.82, 2.24) is 20.4 Å². The molecule has 0 spiro atoms. The molecule has 0 amide bonds. The molecule has 0 radical (unpaired) electrons. The molecule has 0 unspecified atom stereocenters. The van der Waals surface area contributed by atoms with Gasteiger partial charge in [0, 0.05) is 5.39 Å². The molecular weight excluding hydrogens is 192 g/mol. The monoisotopic (exact) mass is 198 g/mol. The van der Waals surface area contributed by atoms with Crippen molar-refractivity contribution in [2.45, 2.75) is 0 Å². The fraction of sp³-hybridized carbons (Fsp3) is 0. The summed E-state index contributed by atoms with van der Waals surface area (Å²) in [6, 6.07) is 9.59. The zero-order valence-corrected chi connectivity index (χ0v) is 7.66. The number of benzene rings is 1. The Bertz CT molecular complexity index is 557. The highest BCUT2D eigenvalue weighted by atomic mass is 16.3. The van der Waals surface area contributed by atoms with Gasteiger partial charge in [0.05, 0.1) is 0 Å². The van der Waals surface area contributed by atoms with Gasteiger partial charge in [0.15, 0.2) is 12.1 Å². The van der Waals surface area contributed by atoms with Crippen LogP contribution in [-0.2, 0) is 0 Å². The van der Waals surface area contributed by atoms with Crippen LogP contribution in [-0.4, -0.2) is 20.4 Å². The number of furan rings is 1. The van der Waals surface area contributed by atoms with Gasteiger partial charge in [-0.15, -0.1) is 20.4 Å². The van der Waals surface area contributed by atoms with Gasteiger partial charge in [-0.25, -0.2) is 0 Å². The summed E-state index contributed by atoms with van der Waals surface area (Å²) in [5.74, 6) is 0.977. The van der Waals surface area contributed by atoms with Crippen LogP contribution in [0.15, 0.2) is 41.1 Å². The molecule has 5 heteroatoms. The summed E-state index contributed by atoms with van der Waals surface area (Å²) < 4.78 is 5.55. The Morgan fingerprint density at radius 2 is 1.80 bits per heavy atom. The van der Waals surface area contributed by atoms with E-state index in [1.54, 1.807) is 0 Å². The van der Waals surface area contributed by atoms with Gasteiger partial charge in [-0.05, 0) is 12.1 Å². The molecule has 0 atom stereocenters. The first-order valence-corrected chi connectivity index (χ1v) is 4.43. The third kappa shape index (κ3) is 1.34. The van der Waals surface area contributed by atoms with Crippen LogP contribution in [0, 0.1) is 0 Å². The summed E-state index contributed by atoms with van der Waals surface area (Å²) in [4.78, 5) is 0. The third-order valence-corrected chi connectivity index (χ3v) is 2.05. The van der Waals surface area contributed by atoms with Crippen molar-refractivity contribution in [2.24, 2.45) is 0 Å². The molecule has 0 aliphatic carbocycles. The number of rotatable bonds is 1. The summed E-state index contributed by atoms with van der Waals surface area (Å²) in [7, 11) is 0. The number of fused-ring (bicyclic) bond motifs is 1. The van der Waals surface area contributed by atoms with Gasteiger partial charge in [-0.3, -0.25) is 0 Å². The van der Waals surface area contributed by atoms with Crippen molar-refractivity contribution in [1.29, 1.82) is 0 Å². The predicted molar refractivity (Wildman–Crippen MR) is 52.8 cm³/mol. The lowest BCUT2D eigenvalue weighted by molar-refractivity contribution is 0.619. The van der Waals surface area contributed by atoms with Crippen LogP contribution in [0.5, 0.6) is 0 Å². The average Bonchev–Trinajstić information content (AvgIpc) is 2.74. The molecule has 0 saturated heterocycles. The Balaban J connectivity index is 2.21. The van der Waals surface area contributed by atoms with Crippen LogP contribution in [0.4, 0.5) is 0 Å². The minimum absolute atomic E-state index is 0.397. The van der Waals surface area contributed by atoms with E-state index in [4.69, 9.17) is 4.42 Å². The van der Waals surface area contributed by atoms with Gasteiger partial charge in [0.1, 0.15) is 5.58 Å². The highest BCUT2D eigenvalue weighted by Gasteiger charge is 2.08. The molecule has 2 aromatic heterocycles. The molecule has 0 aliphatic rings. The lowest BCUT2D eigenvalue weighted by Gasteiger charge is -1.88. The standard InChI is InChI=1S/C10H6N4O/c1-2-4-8-7(3-1)5-9(15-8)10-13-11-6-12-14-10/h1-6H. The van der Waals surface area contributed by atoms with Crippen molar-refractivity contribution >= 4 is 11.0 Å². The van der Waals surface area contributed by atoms with Crippen LogP contribution in [0.1, 0.15) is 0 Å². The smallest absolute Gasteiger partial charge is 0.238 e. The zero-order chi connectivity index (χ0) is 10.1. The first-order chi connectivity index (χ1) is 7.43. The predicted octanol–water partition coefficient (Wildman–Crippen LogP) is 1.68. The van der Waals surface area contributed by atoms with Crippen LogP contribution in [0.2, 0.25) is 0 Å². The zero-order valence-electron chi connectivity index (χ0n) is 7.66. The minimum atomic E-state index is 0.397. The molecule has 5 nitrogen and oxygen atoms in total. The molecule has 0 fully saturated rings. The second-order valence-electron chi connectivity index (χ2n) is 3.02. The highest BCUT2D eigenvalue weighted by molar-refractivity contribution is 5.81. The summed E-state index contributed by atoms with van der Waals surface area (Å²) in [6.07, 6.45) is 1.28. The Morgan fingerprint density at radius 3 is 2.60 bits per heavy atom. The molecule has 0 saturated carbocycles. The normalized spacial score (nSPS) is 10.7. The first-order valence-electron chi connectivity index (χ1n) is 4.43. The van der Waals surface area contributed by atoms with Gasteiger partial charge in [-0.1, -0.05) is 18.2 Å². The average molecular weight is 198 g/mol. The number of hydrogen-bond donors (Lipinski definition) is 0. The Hall–Kier alpha value is -2.30. The van der Waals surface area contributed by atoms with Crippen molar-refractivity contribution < 1.29 is 4.42 Å². The molecule has 0 bridgehead atoms. The van der Waals surface area contributed by atoms with E-state index in [0.717, 1.165) is 11.0 Å². The van der Waals surface area contributed by atoms with Crippen molar-refractivity contribution in [2.75, 3.05) is 0 Å². The van der Waals surface area contributed by atoms with E-state index in [1.807, 2.05) is 30.3 Å². The second-order valence-corrected chi connectivity index (χ2v) is 3.02. The van der Waals surface area contributed by atoms with Gasteiger partial charge in [0.25, 0.3) is 0 Å². The SMILES string of the molecule is c1ccc2oc(-c3nncnn3)cc2c1. The molecule has 72 valence electrons. The van der Waals surface area contributed by atoms with E-state index < -0.39 is 0 Å². The fourth-order valence-electron chi connectivity index (χ4n) is 1.39. The Labute approximate surface area is 84.8 Å². The fourth-order valence-corrected chi connectivity index (χ4v) is 1.39. The van der Waals surface area contributed by atoms with E-state index in [1.165, 1.54) is 6.33 Å². The topological polar surface area (TPSA) is 64.7 Å². The van der Waals surface area contributed by atoms with Gasteiger partial charge >= 0.3 is 0 Å². The van der Waals surface area contributed by atoms with Crippen LogP contribution >= 0.6 is 0 Å². The number of hydrogen-bond acceptors (Lipinski definition) is 5. The molecule has 0 N–H and O–H groups in total. The van der Waals surface area contributed by atoms with Gasteiger partial charge in [-0.2, -0.15) is 0 Å². The van der Waals surface area contributed by atoms with E-state index >= 15 is 0 Å². The minimum Gasteiger partial charge on any atom is -0.453 e. The second kappa shape index (κ2) is 3.13. The highest BCUT2D eigenvalue weighted by Crippen LogP contribution is 2.24. The number of aromatic nitrogens is 4. The maximum Gasteiger partial charge on any atom is 0.238 e. The van der Waals surface area contributed by atoms with Crippen molar-refractivity contribution in [3.05, 3.63) is 36.7 Å². The summed E-state index contributed by atoms with van der Waals surface area (Å²) in [5.41, 5.74) is 0.806. The molecule has 1 aromatic carbocycles. The third-order valence-electron chi connectivity index (χ3n) is 2.05. The van der Waals surface area contributed by atoms with E-state index in [-0.39, 0.29) is 0 Å². The Morgan fingerprint density at radius 1 is 1.00 bits per heavy atom. The maximum atomic E-state index is 5.55. The molecule has 3 rings (SSSR count). The molecule has 0 aliphatic heterocycles. The van der Waals surface area contributed by atoms with E-state index in [0.29, 0.717) is 11.6 Å². The lowest BCUT2D eigenvalue weighted by Crippen LogP contribution is -1.91. The van der Waals surface area contributed by atoms with Gasteiger partial charge in [0.2, 0.25) is 5.82 Å². The molecular formula is C10H6N4O. The molecule has 2 heterocycles. The van der Waals surface area contributed by atoms with Gasteiger partial charge < -0.3 is 4.42 Å². The maximum absolute atomic E-state index is 5.55. The lowest BCUT2D eigenvalue weighted by atomic mass is 10.2. The number of nitrogens with zero attached hydrogens (tertiary/aromatic N) is 4. The molecule has 3 aromatic rings. The van der Waals surface area contributed by atoms with Crippen LogP contribution in [0.25, 0.3) is 22.6 Å². The summed E-state index contributed by atoms with van der Waals surface area (Å²) >= 11 is 0. The number of para-hydroxylation sites is 1. The van der Waals surface area contributed by atoms with E-state index in [9.17, 15) is 0 Å². The largest absolute Gasteiger partial charge is 0.453 e. The van der Waals surface area contributed by atoms with Crippen LogP contribution in [0.3, 0.4) is 0 Å². The van der Waals surface area contributed by atoms with E-state index in [2.05, 4.69) is 20.4 Å². The molecule has 15 heavy (non-hydrogen) atoms. The van der Waals surface area contributed by atoms with Crippen molar-refractivity contribution in [3.63, 3.8) is 0 Å².